The van der Waals surface area contributed by atoms with Gasteiger partial charge in [-0.25, -0.2) is 4.79 Å². The van der Waals surface area contributed by atoms with E-state index in [0.29, 0.717) is 18.7 Å². The van der Waals surface area contributed by atoms with Gasteiger partial charge in [-0.1, -0.05) is 12.1 Å². The highest BCUT2D eigenvalue weighted by Gasteiger charge is 2.07. The number of nitrogens with one attached hydrogen (secondary N) is 1. The van der Waals surface area contributed by atoms with Gasteiger partial charge in [0.15, 0.2) is 0 Å². The summed E-state index contributed by atoms with van der Waals surface area (Å²) in [6, 6.07) is 13.5. The van der Waals surface area contributed by atoms with Crippen molar-refractivity contribution in [1.82, 2.24) is 5.32 Å². The van der Waals surface area contributed by atoms with E-state index < -0.39 is 0 Å². The summed E-state index contributed by atoms with van der Waals surface area (Å²) < 4.78 is 10.6. The Balaban J connectivity index is 1.82. The maximum atomic E-state index is 11.8. The first-order valence-corrected chi connectivity index (χ1v) is 7.94. The molecule has 0 aliphatic rings. The van der Waals surface area contributed by atoms with Crippen LogP contribution in [-0.4, -0.2) is 7.11 Å². The second-order valence-electron chi connectivity index (χ2n) is 5.98. The fourth-order valence-corrected chi connectivity index (χ4v) is 2.75. The fourth-order valence-electron chi connectivity index (χ4n) is 2.75. The number of hydrogen-bond acceptors (Lipinski definition) is 4. The molecule has 0 spiro atoms. The molecule has 0 atom stereocenters. The number of benzene rings is 2. The van der Waals surface area contributed by atoms with Crippen LogP contribution in [0.1, 0.15) is 22.3 Å². The van der Waals surface area contributed by atoms with E-state index in [4.69, 9.17) is 9.15 Å². The lowest BCUT2D eigenvalue weighted by Gasteiger charge is -2.10. The zero-order valence-corrected chi connectivity index (χ0v) is 14.2. The van der Waals surface area contributed by atoms with E-state index in [1.807, 2.05) is 37.3 Å². The van der Waals surface area contributed by atoms with Crippen LogP contribution in [0, 0.1) is 13.8 Å². The van der Waals surface area contributed by atoms with Crippen LogP contribution in [0.3, 0.4) is 0 Å². The summed E-state index contributed by atoms with van der Waals surface area (Å²) >= 11 is 0. The smallest absolute Gasteiger partial charge is 0.336 e. The zero-order valence-electron chi connectivity index (χ0n) is 14.2. The Labute approximate surface area is 141 Å². The highest BCUT2D eigenvalue weighted by atomic mass is 16.5. The summed E-state index contributed by atoms with van der Waals surface area (Å²) in [4.78, 5) is 11.8. The van der Waals surface area contributed by atoms with Gasteiger partial charge in [-0.15, -0.1) is 0 Å². The Hall–Kier alpha value is -2.59. The second-order valence-corrected chi connectivity index (χ2v) is 5.98. The molecule has 0 saturated heterocycles. The highest BCUT2D eigenvalue weighted by Crippen LogP contribution is 2.21. The first-order valence-electron chi connectivity index (χ1n) is 7.94. The molecule has 0 aliphatic carbocycles. The van der Waals surface area contributed by atoms with E-state index >= 15 is 0 Å². The molecule has 4 nitrogen and oxygen atoms in total. The van der Waals surface area contributed by atoms with Crippen LogP contribution in [-0.2, 0) is 13.1 Å². The molecule has 0 saturated carbocycles. The van der Waals surface area contributed by atoms with Crippen molar-refractivity contribution in [3.05, 3.63) is 75.1 Å². The minimum absolute atomic E-state index is 0.316. The SMILES string of the molecule is COc1cccc(CNCc2cc(=O)oc3cc(C)c(C)cc23)c1. The van der Waals surface area contributed by atoms with Crippen molar-refractivity contribution in [2.75, 3.05) is 7.11 Å². The third-order valence-corrected chi connectivity index (χ3v) is 4.22. The van der Waals surface area contributed by atoms with Crippen molar-refractivity contribution in [3.8, 4) is 5.75 Å². The fraction of sp³-hybridized carbons (Fsp3) is 0.250. The first kappa shape index (κ1) is 16.3. The number of ether oxygens (including phenoxy) is 1. The Morgan fingerprint density at radius 1 is 1.04 bits per heavy atom. The van der Waals surface area contributed by atoms with Gasteiger partial charge < -0.3 is 14.5 Å². The van der Waals surface area contributed by atoms with Crippen LogP contribution >= 0.6 is 0 Å². The molecule has 24 heavy (non-hydrogen) atoms. The van der Waals surface area contributed by atoms with Crippen molar-refractivity contribution in [3.63, 3.8) is 0 Å². The standard InChI is InChI=1S/C20H21NO3/c1-13-7-18-16(10-20(22)24-19(18)8-14(13)2)12-21-11-15-5-4-6-17(9-15)23-3/h4-10,21H,11-12H2,1-3H3. The van der Waals surface area contributed by atoms with Crippen LogP contribution < -0.4 is 15.7 Å². The number of hydrogen-bond donors (Lipinski definition) is 1. The van der Waals surface area contributed by atoms with E-state index in [2.05, 4.69) is 18.3 Å². The lowest BCUT2D eigenvalue weighted by Crippen LogP contribution is -2.14. The van der Waals surface area contributed by atoms with Crippen LogP contribution in [0.4, 0.5) is 0 Å². The lowest BCUT2D eigenvalue weighted by atomic mass is 10.0. The van der Waals surface area contributed by atoms with Crippen molar-refractivity contribution in [1.29, 1.82) is 0 Å². The van der Waals surface area contributed by atoms with Crippen molar-refractivity contribution in [2.24, 2.45) is 0 Å². The van der Waals surface area contributed by atoms with E-state index in [-0.39, 0.29) is 5.63 Å². The summed E-state index contributed by atoms with van der Waals surface area (Å²) in [7, 11) is 1.66. The average Bonchev–Trinajstić information content (AvgIpc) is 2.56. The number of rotatable bonds is 5. The molecule has 3 rings (SSSR count). The van der Waals surface area contributed by atoms with Crippen molar-refractivity contribution < 1.29 is 9.15 Å². The minimum Gasteiger partial charge on any atom is -0.497 e. The molecule has 0 unspecified atom stereocenters. The summed E-state index contributed by atoms with van der Waals surface area (Å²) in [6.45, 7) is 5.38. The molecule has 1 heterocycles. The maximum absolute atomic E-state index is 11.8. The summed E-state index contributed by atoms with van der Waals surface area (Å²) in [5.74, 6) is 0.839. The summed E-state index contributed by atoms with van der Waals surface area (Å²) in [5.41, 5.74) is 4.71. The van der Waals surface area contributed by atoms with Crippen molar-refractivity contribution in [2.45, 2.75) is 26.9 Å². The quantitative estimate of drug-likeness (QED) is 0.727. The molecule has 0 amide bonds. The molecular formula is C20H21NO3. The summed E-state index contributed by atoms with van der Waals surface area (Å²) in [6.07, 6.45) is 0. The monoisotopic (exact) mass is 323 g/mol. The van der Waals surface area contributed by atoms with E-state index in [9.17, 15) is 4.79 Å². The van der Waals surface area contributed by atoms with Crippen LogP contribution in [0.25, 0.3) is 11.0 Å². The molecular weight excluding hydrogens is 302 g/mol. The van der Waals surface area contributed by atoms with Gasteiger partial charge in [0.1, 0.15) is 11.3 Å². The number of methoxy groups -OCH3 is 1. The molecule has 0 fully saturated rings. The van der Waals surface area contributed by atoms with Crippen LogP contribution in [0.5, 0.6) is 5.75 Å². The van der Waals surface area contributed by atoms with Crippen molar-refractivity contribution >= 4 is 11.0 Å². The van der Waals surface area contributed by atoms with Gasteiger partial charge in [-0.3, -0.25) is 0 Å². The molecule has 0 radical (unpaired) electrons. The van der Waals surface area contributed by atoms with Gasteiger partial charge in [0.05, 0.1) is 7.11 Å². The Morgan fingerprint density at radius 3 is 2.62 bits per heavy atom. The lowest BCUT2D eigenvalue weighted by molar-refractivity contribution is 0.414. The largest absolute Gasteiger partial charge is 0.497 e. The van der Waals surface area contributed by atoms with Gasteiger partial charge in [0.25, 0.3) is 0 Å². The third kappa shape index (κ3) is 3.49. The molecule has 0 aliphatic heterocycles. The summed E-state index contributed by atoms with van der Waals surface area (Å²) in [5, 5.41) is 4.37. The second kappa shape index (κ2) is 6.89. The Morgan fingerprint density at radius 2 is 1.83 bits per heavy atom. The number of fused-ring (bicyclic) bond motifs is 1. The normalized spacial score (nSPS) is 11.0. The van der Waals surface area contributed by atoms with Crippen LogP contribution in [0.2, 0.25) is 0 Å². The molecule has 1 aromatic heterocycles. The van der Waals surface area contributed by atoms with Gasteiger partial charge in [0.2, 0.25) is 0 Å². The molecule has 3 aromatic rings. The number of aryl methyl sites for hydroxylation is 2. The predicted molar refractivity (Wildman–Crippen MR) is 95.5 cm³/mol. The van der Waals surface area contributed by atoms with Gasteiger partial charge in [-0.05, 0) is 60.4 Å². The maximum Gasteiger partial charge on any atom is 0.336 e. The molecule has 4 heteroatoms. The first-order chi connectivity index (χ1) is 11.6. The molecule has 124 valence electrons. The Bertz CT molecular complexity index is 928. The molecule has 0 bridgehead atoms. The van der Waals surface area contributed by atoms with Gasteiger partial charge in [0, 0.05) is 24.5 Å². The van der Waals surface area contributed by atoms with Gasteiger partial charge in [-0.2, -0.15) is 0 Å². The minimum atomic E-state index is -0.316. The van der Waals surface area contributed by atoms with E-state index in [0.717, 1.165) is 27.8 Å². The zero-order chi connectivity index (χ0) is 17.1. The molecule has 2 aromatic carbocycles. The van der Waals surface area contributed by atoms with E-state index in [1.54, 1.807) is 13.2 Å². The predicted octanol–water partition coefficient (Wildman–Crippen LogP) is 3.71. The average molecular weight is 323 g/mol. The van der Waals surface area contributed by atoms with Gasteiger partial charge >= 0.3 is 5.63 Å². The molecule has 1 N–H and O–H groups in total. The third-order valence-electron chi connectivity index (χ3n) is 4.22. The Kier molecular flexibility index (Phi) is 4.67. The van der Waals surface area contributed by atoms with E-state index in [1.165, 1.54) is 5.56 Å². The van der Waals surface area contributed by atoms with Crippen LogP contribution in [0.15, 0.2) is 51.7 Å². The topological polar surface area (TPSA) is 51.5 Å². The highest BCUT2D eigenvalue weighted by molar-refractivity contribution is 5.81.